The third-order valence-electron chi connectivity index (χ3n) is 6.32. The number of fused-ring (bicyclic) bond motifs is 2. The van der Waals surface area contributed by atoms with E-state index < -0.39 is 6.16 Å². The van der Waals surface area contributed by atoms with Crippen molar-refractivity contribution in [2.45, 2.75) is 19.8 Å². The van der Waals surface area contributed by atoms with E-state index in [0.717, 1.165) is 55.4 Å². The molecule has 1 aromatic heterocycles. The van der Waals surface area contributed by atoms with E-state index in [1.807, 2.05) is 67.6 Å². The minimum atomic E-state index is -1.36. The van der Waals surface area contributed by atoms with E-state index in [9.17, 15) is 9.90 Å². The molecule has 0 aliphatic rings. The summed E-state index contributed by atoms with van der Waals surface area (Å²) in [5.74, 6) is 1.82. The summed E-state index contributed by atoms with van der Waals surface area (Å²) >= 11 is 0. The summed E-state index contributed by atoms with van der Waals surface area (Å²) in [6, 6.07) is 26.1. The molecule has 0 unspecified atom stereocenters. The molecule has 0 radical (unpaired) electrons. The number of hydrogen-bond donors (Lipinski definition) is 2. The molecule has 6 nitrogen and oxygen atoms in total. The number of benzene rings is 4. The maximum absolute atomic E-state index is 11.5. The van der Waals surface area contributed by atoms with Crippen LogP contribution in [0, 0.1) is 6.92 Å². The van der Waals surface area contributed by atoms with E-state index in [1.54, 1.807) is 7.11 Å². The Kier molecular flexibility index (Phi) is 6.50. The van der Waals surface area contributed by atoms with Crippen LogP contribution in [0.3, 0.4) is 0 Å². The molecule has 5 rings (SSSR count). The van der Waals surface area contributed by atoms with Crippen molar-refractivity contribution in [2.24, 2.45) is 0 Å². The molecule has 0 atom stereocenters. The fourth-order valence-corrected chi connectivity index (χ4v) is 4.68. The third-order valence-corrected chi connectivity index (χ3v) is 6.32. The normalized spacial score (nSPS) is 11.1. The first-order chi connectivity index (χ1) is 17.5. The standard InChI is InChI=1S/C30H27NO5/c1-19-15-16-26(34-2)25(18-19)23-12-6-11-22-24(29(31-28(22)23)36-30(32)33)13-7-17-35-27-14-5-9-20-8-3-4-10-21(20)27/h3-6,8-12,14-16,18,31H,7,13,17H2,1-2H3,(H,32,33). The molecular formula is C30H27NO5. The van der Waals surface area contributed by atoms with E-state index in [-0.39, 0.29) is 5.88 Å². The van der Waals surface area contributed by atoms with Crippen molar-refractivity contribution in [2.75, 3.05) is 13.7 Å². The van der Waals surface area contributed by atoms with Crippen molar-refractivity contribution < 1.29 is 24.1 Å². The second-order valence-corrected chi connectivity index (χ2v) is 8.66. The third kappa shape index (κ3) is 4.58. The van der Waals surface area contributed by atoms with E-state index in [4.69, 9.17) is 14.2 Å². The van der Waals surface area contributed by atoms with Gasteiger partial charge in [0, 0.05) is 27.5 Å². The molecule has 0 amide bonds. The van der Waals surface area contributed by atoms with Crippen LogP contribution in [0.25, 0.3) is 32.8 Å². The molecule has 0 aliphatic heterocycles. The topological polar surface area (TPSA) is 80.8 Å². The summed E-state index contributed by atoms with van der Waals surface area (Å²) in [5.41, 5.74) is 4.56. The van der Waals surface area contributed by atoms with E-state index >= 15 is 0 Å². The molecule has 2 N–H and O–H groups in total. The fourth-order valence-electron chi connectivity index (χ4n) is 4.68. The summed E-state index contributed by atoms with van der Waals surface area (Å²) in [4.78, 5) is 14.7. The average molecular weight is 482 g/mol. The highest BCUT2D eigenvalue weighted by molar-refractivity contribution is 5.99. The number of carbonyl (C=O) groups is 1. The molecule has 36 heavy (non-hydrogen) atoms. The summed E-state index contributed by atoms with van der Waals surface area (Å²) in [6.45, 7) is 2.51. The summed E-state index contributed by atoms with van der Waals surface area (Å²) in [6.07, 6.45) is -0.0872. The summed E-state index contributed by atoms with van der Waals surface area (Å²) in [5, 5.41) is 12.5. The number of aryl methyl sites for hydroxylation is 2. The van der Waals surface area contributed by atoms with Crippen LogP contribution in [-0.4, -0.2) is 30.0 Å². The number of para-hydroxylation sites is 1. The first-order valence-corrected chi connectivity index (χ1v) is 11.8. The number of methoxy groups -OCH3 is 1. The number of hydrogen-bond acceptors (Lipinski definition) is 4. The van der Waals surface area contributed by atoms with Crippen molar-refractivity contribution in [3.63, 3.8) is 0 Å². The Hall–Kier alpha value is -4.45. The van der Waals surface area contributed by atoms with E-state index in [2.05, 4.69) is 23.2 Å². The van der Waals surface area contributed by atoms with Gasteiger partial charge in [0.15, 0.2) is 0 Å². The van der Waals surface area contributed by atoms with Gasteiger partial charge in [-0.1, -0.05) is 66.2 Å². The largest absolute Gasteiger partial charge is 0.512 e. The van der Waals surface area contributed by atoms with Crippen LogP contribution in [0.5, 0.6) is 17.4 Å². The smallest absolute Gasteiger partial charge is 0.496 e. The molecule has 5 aromatic rings. The molecule has 0 spiro atoms. The SMILES string of the molecule is COc1ccc(C)cc1-c1cccc2c(CCCOc3cccc4ccccc34)c(OC(=O)O)[nH]c12. The summed E-state index contributed by atoms with van der Waals surface area (Å²) < 4.78 is 16.9. The molecule has 0 fully saturated rings. The fraction of sp³-hybridized carbons (Fsp3) is 0.167. The first-order valence-electron chi connectivity index (χ1n) is 11.8. The highest BCUT2D eigenvalue weighted by atomic mass is 16.7. The maximum atomic E-state index is 11.5. The predicted octanol–water partition coefficient (Wildman–Crippen LogP) is 7.37. The predicted molar refractivity (Wildman–Crippen MR) is 141 cm³/mol. The maximum Gasteiger partial charge on any atom is 0.512 e. The lowest BCUT2D eigenvalue weighted by Gasteiger charge is -2.11. The molecule has 0 aliphatic carbocycles. The second kappa shape index (κ2) is 10.0. The molecule has 4 aromatic carbocycles. The van der Waals surface area contributed by atoms with Crippen molar-refractivity contribution in [1.82, 2.24) is 4.98 Å². The molecule has 182 valence electrons. The van der Waals surface area contributed by atoms with Gasteiger partial charge in [-0.25, -0.2) is 4.79 Å². The highest BCUT2D eigenvalue weighted by Crippen LogP contribution is 2.39. The van der Waals surface area contributed by atoms with Crippen molar-refractivity contribution in [3.8, 4) is 28.5 Å². The van der Waals surface area contributed by atoms with Gasteiger partial charge in [0.2, 0.25) is 5.88 Å². The van der Waals surface area contributed by atoms with Crippen LogP contribution in [0.2, 0.25) is 0 Å². The van der Waals surface area contributed by atoms with E-state index in [0.29, 0.717) is 19.4 Å². The van der Waals surface area contributed by atoms with Crippen LogP contribution in [0.4, 0.5) is 4.79 Å². The molecular weight excluding hydrogens is 454 g/mol. The van der Waals surface area contributed by atoms with Gasteiger partial charge in [-0.05, 0) is 43.4 Å². The Labute approximate surface area is 209 Å². The lowest BCUT2D eigenvalue weighted by molar-refractivity contribution is 0.142. The zero-order chi connectivity index (χ0) is 25.1. The number of H-pyrrole nitrogens is 1. The van der Waals surface area contributed by atoms with Crippen molar-refractivity contribution in [1.29, 1.82) is 0 Å². The van der Waals surface area contributed by atoms with Crippen LogP contribution in [0.15, 0.2) is 78.9 Å². The zero-order valence-electron chi connectivity index (χ0n) is 20.2. The number of ether oxygens (including phenoxy) is 3. The Morgan fingerprint density at radius 1 is 0.889 bits per heavy atom. The number of rotatable bonds is 8. The van der Waals surface area contributed by atoms with Gasteiger partial charge in [0.05, 0.1) is 19.2 Å². The molecule has 0 bridgehead atoms. The summed E-state index contributed by atoms with van der Waals surface area (Å²) in [7, 11) is 1.64. The Bertz CT molecular complexity index is 1550. The number of nitrogens with one attached hydrogen (secondary N) is 1. The van der Waals surface area contributed by atoms with Gasteiger partial charge in [-0.2, -0.15) is 0 Å². The van der Waals surface area contributed by atoms with Gasteiger partial charge in [0.25, 0.3) is 0 Å². The van der Waals surface area contributed by atoms with Gasteiger partial charge < -0.3 is 24.3 Å². The molecule has 0 saturated carbocycles. The van der Waals surface area contributed by atoms with Gasteiger partial charge >= 0.3 is 6.16 Å². The van der Waals surface area contributed by atoms with Gasteiger partial charge in [-0.3, -0.25) is 0 Å². The molecule has 6 heteroatoms. The number of carboxylic acid groups (broad SMARTS) is 1. The zero-order valence-corrected chi connectivity index (χ0v) is 20.2. The van der Waals surface area contributed by atoms with Crippen LogP contribution in [-0.2, 0) is 6.42 Å². The Morgan fingerprint density at radius 3 is 2.50 bits per heavy atom. The Balaban J connectivity index is 1.45. The lowest BCUT2D eigenvalue weighted by atomic mass is 9.98. The monoisotopic (exact) mass is 481 g/mol. The Morgan fingerprint density at radius 2 is 1.67 bits per heavy atom. The quantitative estimate of drug-likeness (QED) is 0.179. The minimum absolute atomic E-state index is 0.238. The average Bonchev–Trinajstić information content (AvgIpc) is 3.23. The van der Waals surface area contributed by atoms with E-state index in [1.165, 1.54) is 0 Å². The molecule has 1 heterocycles. The number of aromatic nitrogens is 1. The number of aromatic amines is 1. The van der Waals surface area contributed by atoms with Crippen LogP contribution >= 0.6 is 0 Å². The van der Waals surface area contributed by atoms with Crippen LogP contribution in [0.1, 0.15) is 17.5 Å². The highest BCUT2D eigenvalue weighted by Gasteiger charge is 2.19. The van der Waals surface area contributed by atoms with Crippen molar-refractivity contribution >= 4 is 27.8 Å². The van der Waals surface area contributed by atoms with Gasteiger partial charge in [0.1, 0.15) is 11.5 Å². The second-order valence-electron chi connectivity index (χ2n) is 8.66. The first kappa shape index (κ1) is 23.3. The van der Waals surface area contributed by atoms with Gasteiger partial charge in [-0.15, -0.1) is 0 Å². The minimum Gasteiger partial charge on any atom is -0.496 e. The molecule has 0 saturated heterocycles. The lowest BCUT2D eigenvalue weighted by Crippen LogP contribution is -2.06. The van der Waals surface area contributed by atoms with Crippen molar-refractivity contribution in [3.05, 3.63) is 90.0 Å². The van der Waals surface area contributed by atoms with Crippen LogP contribution < -0.4 is 14.2 Å².